The SMILES string of the molecule is CS(=O)c1c[nH]c2c1C(N1CCC1c1nn3ccc(Cl)c3c(=O)n1-c1ccc(F)cc1)=[N+]=N2. The molecular formula is C21H16ClFN7O2S+. The van der Waals surface area contributed by atoms with Crippen LogP contribution >= 0.6 is 11.6 Å². The lowest BCUT2D eigenvalue weighted by Gasteiger charge is -2.34. The number of hydrogen-bond acceptors (Lipinski definition) is 5. The van der Waals surface area contributed by atoms with Crippen LogP contribution in [0.2, 0.25) is 5.02 Å². The van der Waals surface area contributed by atoms with Gasteiger partial charge in [-0.3, -0.25) is 13.6 Å². The number of benzene rings is 1. The van der Waals surface area contributed by atoms with Gasteiger partial charge in [0, 0.05) is 30.2 Å². The number of rotatable bonds is 3. The summed E-state index contributed by atoms with van der Waals surface area (Å²) in [5, 5.41) is 9.17. The molecule has 3 aromatic heterocycles. The minimum atomic E-state index is -1.23. The fourth-order valence-electron chi connectivity index (χ4n) is 4.28. The molecular weight excluding hydrogens is 469 g/mol. The summed E-state index contributed by atoms with van der Waals surface area (Å²) in [6, 6.07) is 6.96. The number of likely N-dealkylation sites (tertiary alicyclic amines) is 1. The number of nitrogens with zero attached hydrogens (tertiary/aromatic N) is 6. The van der Waals surface area contributed by atoms with Gasteiger partial charge in [0.2, 0.25) is 5.82 Å². The van der Waals surface area contributed by atoms with Crippen LogP contribution in [0.4, 0.5) is 10.2 Å². The highest BCUT2D eigenvalue weighted by Crippen LogP contribution is 2.38. The molecule has 2 aliphatic heterocycles. The zero-order valence-corrected chi connectivity index (χ0v) is 18.8. The molecule has 0 bridgehead atoms. The maximum absolute atomic E-state index is 13.6. The third-order valence-electron chi connectivity index (χ3n) is 5.94. The van der Waals surface area contributed by atoms with Crippen molar-refractivity contribution in [3.05, 3.63) is 75.3 Å². The molecule has 2 aliphatic rings. The summed E-state index contributed by atoms with van der Waals surface area (Å²) in [6.07, 6.45) is 5.61. The third kappa shape index (κ3) is 2.93. The van der Waals surface area contributed by atoms with E-state index in [0.29, 0.717) is 46.6 Å². The molecule has 5 heterocycles. The molecule has 1 fully saturated rings. The first-order chi connectivity index (χ1) is 15.9. The van der Waals surface area contributed by atoms with E-state index in [9.17, 15) is 13.4 Å². The summed E-state index contributed by atoms with van der Waals surface area (Å²) in [4.78, 5) is 23.4. The molecule has 0 radical (unpaired) electrons. The Balaban J connectivity index is 1.52. The van der Waals surface area contributed by atoms with Gasteiger partial charge in [-0.05, 0) is 30.3 Å². The minimum Gasteiger partial charge on any atom is -0.340 e. The highest BCUT2D eigenvalue weighted by molar-refractivity contribution is 7.84. The lowest BCUT2D eigenvalue weighted by Crippen LogP contribution is -2.48. The Morgan fingerprint density at radius 2 is 2.06 bits per heavy atom. The highest BCUT2D eigenvalue weighted by Gasteiger charge is 2.48. The van der Waals surface area contributed by atoms with Crippen molar-refractivity contribution in [2.75, 3.05) is 12.8 Å². The highest BCUT2D eigenvalue weighted by atomic mass is 35.5. The second-order valence-electron chi connectivity index (χ2n) is 7.78. The van der Waals surface area contributed by atoms with Crippen LogP contribution in [-0.4, -0.2) is 51.7 Å². The van der Waals surface area contributed by atoms with Crippen molar-refractivity contribution in [2.24, 2.45) is 5.11 Å². The van der Waals surface area contributed by atoms with Crippen molar-refractivity contribution in [3.8, 4) is 5.69 Å². The van der Waals surface area contributed by atoms with E-state index >= 15 is 0 Å². The average molecular weight is 485 g/mol. The first-order valence-electron chi connectivity index (χ1n) is 10.1. The van der Waals surface area contributed by atoms with Crippen LogP contribution in [-0.2, 0) is 10.8 Å². The van der Waals surface area contributed by atoms with Crippen LogP contribution < -0.4 is 5.56 Å². The molecule has 0 aliphatic carbocycles. The molecule has 9 nitrogen and oxygen atoms in total. The number of aromatic amines is 1. The zero-order chi connectivity index (χ0) is 22.9. The minimum absolute atomic E-state index is 0.236. The summed E-state index contributed by atoms with van der Waals surface area (Å²) in [5.41, 5.74) is 1.05. The summed E-state index contributed by atoms with van der Waals surface area (Å²) >= 11 is 6.26. The van der Waals surface area contributed by atoms with Gasteiger partial charge in [-0.1, -0.05) is 16.4 Å². The van der Waals surface area contributed by atoms with Crippen LogP contribution in [0.1, 0.15) is 23.9 Å². The Morgan fingerprint density at radius 3 is 2.76 bits per heavy atom. The van der Waals surface area contributed by atoms with Gasteiger partial charge in [0.05, 0.1) is 32.9 Å². The Hall–Kier alpha value is -3.53. The summed E-state index contributed by atoms with van der Waals surface area (Å²) in [7, 11) is -1.23. The van der Waals surface area contributed by atoms with Gasteiger partial charge in [-0.15, -0.1) is 5.10 Å². The van der Waals surface area contributed by atoms with Gasteiger partial charge >= 0.3 is 5.84 Å². The maximum Gasteiger partial charge on any atom is 0.415 e. The van der Waals surface area contributed by atoms with Gasteiger partial charge < -0.3 is 4.98 Å². The third-order valence-corrected chi connectivity index (χ3v) is 7.18. The van der Waals surface area contributed by atoms with Gasteiger partial charge in [0.25, 0.3) is 5.56 Å². The molecule has 4 aromatic rings. The first kappa shape index (κ1) is 20.1. The van der Waals surface area contributed by atoms with Crippen molar-refractivity contribution in [1.29, 1.82) is 0 Å². The van der Waals surface area contributed by atoms with Crippen LogP contribution in [0, 0.1) is 5.82 Å². The average Bonchev–Trinajstić information content (AvgIpc) is 3.45. The normalized spacial score (nSPS) is 17.8. The predicted octanol–water partition coefficient (Wildman–Crippen LogP) is 2.84. The second kappa shape index (κ2) is 7.24. The van der Waals surface area contributed by atoms with Gasteiger partial charge in [-0.2, -0.15) is 0 Å². The zero-order valence-electron chi connectivity index (χ0n) is 17.2. The second-order valence-corrected chi connectivity index (χ2v) is 9.54. The van der Waals surface area contributed by atoms with Crippen molar-refractivity contribution in [1.82, 2.24) is 24.1 Å². The van der Waals surface area contributed by atoms with Crippen molar-refractivity contribution in [2.45, 2.75) is 17.4 Å². The fourth-order valence-corrected chi connectivity index (χ4v) is 5.20. The molecule has 0 saturated carbocycles. The van der Waals surface area contributed by atoms with Crippen LogP contribution in [0.5, 0.6) is 0 Å². The van der Waals surface area contributed by atoms with Gasteiger partial charge in [0.1, 0.15) is 16.9 Å². The number of hydrogen-bond donors (Lipinski definition) is 1. The largest absolute Gasteiger partial charge is 0.415 e. The van der Waals surface area contributed by atoms with Crippen molar-refractivity contribution in [3.63, 3.8) is 0 Å². The molecule has 1 saturated heterocycles. The molecule has 0 amide bonds. The number of fused-ring (bicyclic) bond motifs is 2. The van der Waals surface area contributed by atoms with E-state index in [2.05, 4.69) is 14.9 Å². The molecule has 1 N–H and O–H groups in total. The number of halogens is 2. The van der Waals surface area contributed by atoms with Crippen molar-refractivity contribution >= 4 is 39.6 Å². The number of amidine groups is 1. The Morgan fingerprint density at radius 1 is 1.27 bits per heavy atom. The Kier molecular flexibility index (Phi) is 4.41. The molecule has 2 atom stereocenters. The van der Waals surface area contributed by atoms with E-state index < -0.39 is 16.6 Å². The molecule has 33 heavy (non-hydrogen) atoms. The van der Waals surface area contributed by atoms with E-state index in [1.54, 1.807) is 24.7 Å². The lowest BCUT2D eigenvalue weighted by molar-refractivity contribution is -0.0939. The Labute approximate surface area is 193 Å². The van der Waals surface area contributed by atoms with E-state index in [1.807, 2.05) is 4.90 Å². The lowest BCUT2D eigenvalue weighted by atomic mass is 10.00. The van der Waals surface area contributed by atoms with Crippen LogP contribution in [0.25, 0.3) is 11.2 Å². The fraction of sp³-hybridized carbons (Fsp3) is 0.190. The molecule has 6 rings (SSSR count). The van der Waals surface area contributed by atoms with Gasteiger partial charge in [0.15, 0.2) is 11.9 Å². The van der Waals surface area contributed by atoms with Crippen LogP contribution in [0.3, 0.4) is 0 Å². The standard InChI is InChI=1S/C21H15ClFN7O2S/c1-33(32)15-10-24-18-16(15)20(26-25-18)28-8-7-14(28)19-27-29-9-6-13(22)17(29)21(31)30(19)12-4-2-11(23)3-5-12/h2-6,9-10,14H,7-8H2,1H3/p+1. The van der Waals surface area contributed by atoms with Crippen molar-refractivity contribution < 1.29 is 13.4 Å². The topological polar surface area (TPSA) is 102 Å². The predicted molar refractivity (Wildman–Crippen MR) is 119 cm³/mol. The summed E-state index contributed by atoms with van der Waals surface area (Å²) in [5.74, 6) is 1.19. The van der Waals surface area contributed by atoms with Gasteiger partial charge in [-0.25, -0.2) is 13.8 Å². The molecule has 0 spiro atoms. The number of nitrogens with one attached hydrogen (secondary N) is 1. The quantitative estimate of drug-likeness (QED) is 0.452. The smallest absolute Gasteiger partial charge is 0.340 e. The maximum atomic E-state index is 13.6. The van der Waals surface area contributed by atoms with E-state index in [0.717, 1.165) is 0 Å². The molecule has 166 valence electrons. The number of H-pyrrole nitrogens is 1. The van der Waals surface area contributed by atoms with E-state index in [1.165, 1.54) is 33.3 Å². The first-order valence-corrected chi connectivity index (χ1v) is 12.0. The summed E-state index contributed by atoms with van der Waals surface area (Å²) in [6.45, 7) is 0.656. The summed E-state index contributed by atoms with van der Waals surface area (Å²) < 4.78 is 28.7. The van der Waals surface area contributed by atoms with E-state index in [-0.39, 0.29) is 22.1 Å². The van der Waals surface area contributed by atoms with Crippen LogP contribution in [0.15, 0.2) is 57.5 Å². The monoisotopic (exact) mass is 484 g/mol. The molecule has 1 aromatic carbocycles. The Bertz CT molecular complexity index is 1600. The molecule has 2 unspecified atom stereocenters. The van der Waals surface area contributed by atoms with E-state index in [4.69, 9.17) is 16.7 Å². The molecule has 12 heteroatoms. The number of aromatic nitrogens is 4.